The smallest absolute Gasteiger partial charge is 0.0468 e. The van der Waals surface area contributed by atoms with Crippen LogP contribution in [0, 0.1) is 6.92 Å². The van der Waals surface area contributed by atoms with E-state index < -0.39 is 0 Å². The van der Waals surface area contributed by atoms with Crippen LogP contribution in [0.1, 0.15) is 16.7 Å². The number of anilines is 12. The standard InChI is InChI=1S/C82H62N4/c1-60-18-16-30-79(54-60)83(71-22-6-2-7-23-71)75-44-34-64(35-45-75)65-36-46-76(47-37-65)84(72-24-8-3-9-25-72)80-31-17-19-61(57-80)55-62-32-33-68-43-53-82(59-70(68)56-62)86(74-28-12-5-13-29-74)78-50-40-67(41-51-78)66-38-48-77(49-39-66)85(73-26-10-4-11-27-73)81-52-42-63-20-14-15-21-69(63)58-81/h2-54,56-59H,55H2,1H3. The molecule has 14 aromatic rings. The number of benzene rings is 14. The summed E-state index contributed by atoms with van der Waals surface area (Å²) in [6.07, 6.45) is 0.787. The zero-order chi connectivity index (χ0) is 57.6. The molecule has 0 fully saturated rings. The van der Waals surface area contributed by atoms with Crippen molar-refractivity contribution in [1.82, 2.24) is 0 Å². The monoisotopic (exact) mass is 1100 g/mol. The summed E-state index contributed by atoms with van der Waals surface area (Å²) in [7, 11) is 0. The average molecular weight is 1100 g/mol. The molecular formula is C82H62N4. The van der Waals surface area contributed by atoms with Crippen LogP contribution in [0.5, 0.6) is 0 Å². The van der Waals surface area contributed by atoms with Gasteiger partial charge < -0.3 is 19.6 Å². The van der Waals surface area contributed by atoms with Crippen LogP contribution in [0.2, 0.25) is 0 Å². The lowest BCUT2D eigenvalue weighted by Crippen LogP contribution is -2.10. The van der Waals surface area contributed by atoms with Crippen LogP contribution in [0.4, 0.5) is 68.2 Å². The molecule has 0 aliphatic rings. The minimum absolute atomic E-state index is 0.787. The molecule has 0 amide bonds. The first-order chi connectivity index (χ1) is 42.5. The quantitative estimate of drug-likeness (QED) is 0.0956. The topological polar surface area (TPSA) is 13.0 Å². The zero-order valence-electron chi connectivity index (χ0n) is 47.9. The van der Waals surface area contributed by atoms with E-state index in [2.05, 4.69) is 372 Å². The number of para-hydroxylation sites is 4. The average Bonchev–Trinajstić information content (AvgIpc) is 2.04. The van der Waals surface area contributed by atoms with E-state index in [-0.39, 0.29) is 0 Å². The van der Waals surface area contributed by atoms with E-state index in [9.17, 15) is 0 Å². The Kier molecular flexibility index (Phi) is 14.7. The summed E-state index contributed by atoms with van der Waals surface area (Å²) < 4.78 is 0. The predicted octanol–water partition coefficient (Wildman–Crippen LogP) is 23.1. The number of aryl methyl sites for hydroxylation is 1. The van der Waals surface area contributed by atoms with Gasteiger partial charge in [-0.05, 0) is 219 Å². The molecule has 0 aromatic heterocycles. The maximum atomic E-state index is 2.36. The molecule has 0 atom stereocenters. The first-order valence-corrected chi connectivity index (χ1v) is 29.5. The third-order valence-corrected chi connectivity index (χ3v) is 16.2. The number of hydrogen-bond donors (Lipinski definition) is 0. The molecule has 410 valence electrons. The van der Waals surface area contributed by atoms with Crippen molar-refractivity contribution in [2.75, 3.05) is 19.6 Å². The molecule has 0 unspecified atom stereocenters. The van der Waals surface area contributed by atoms with Crippen molar-refractivity contribution in [2.24, 2.45) is 0 Å². The molecule has 0 saturated heterocycles. The van der Waals surface area contributed by atoms with E-state index in [1.165, 1.54) is 43.8 Å². The van der Waals surface area contributed by atoms with Gasteiger partial charge in [-0.3, -0.25) is 0 Å². The van der Waals surface area contributed by atoms with Crippen LogP contribution in [-0.2, 0) is 6.42 Å². The highest BCUT2D eigenvalue weighted by atomic mass is 15.2. The van der Waals surface area contributed by atoms with Crippen LogP contribution >= 0.6 is 0 Å². The molecule has 0 N–H and O–H groups in total. The van der Waals surface area contributed by atoms with Crippen molar-refractivity contribution in [3.8, 4) is 22.3 Å². The van der Waals surface area contributed by atoms with Gasteiger partial charge in [-0.2, -0.15) is 0 Å². The van der Waals surface area contributed by atoms with E-state index in [1.54, 1.807) is 0 Å². The molecule has 0 radical (unpaired) electrons. The Bertz CT molecular complexity index is 4590. The second-order valence-corrected chi connectivity index (χ2v) is 22.0. The lowest BCUT2D eigenvalue weighted by molar-refractivity contribution is 1.18. The fraction of sp³-hybridized carbons (Fsp3) is 0.0244. The summed E-state index contributed by atoms with van der Waals surface area (Å²) in [6.45, 7) is 2.14. The van der Waals surface area contributed by atoms with Crippen LogP contribution in [0.25, 0.3) is 43.8 Å². The molecule has 14 rings (SSSR count). The lowest BCUT2D eigenvalue weighted by Gasteiger charge is -2.27. The third kappa shape index (κ3) is 11.2. The fourth-order valence-corrected chi connectivity index (χ4v) is 12.0. The maximum Gasteiger partial charge on any atom is 0.0468 e. The Morgan fingerprint density at radius 2 is 0.477 bits per heavy atom. The van der Waals surface area contributed by atoms with Gasteiger partial charge in [0.2, 0.25) is 0 Å². The molecule has 0 spiro atoms. The number of hydrogen-bond acceptors (Lipinski definition) is 4. The SMILES string of the molecule is Cc1cccc(N(c2ccccc2)c2ccc(-c3ccc(N(c4ccccc4)c4cccc(Cc5ccc6ccc(N(c7ccccc7)c7ccc(-c8ccc(N(c9ccccc9)c9ccc%10ccccc%10c9)cc8)cc7)cc6c5)c4)cc3)cc2)c1. The Hall–Kier alpha value is -11.2. The second kappa shape index (κ2) is 23.9. The highest BCUT2D eigenvalue weighted by Crippen LogP contribution is 2.42. The van der Waals surface area contributed by atoms with Crippen LogP contribution < -0.4 is 19.6 Å². The summed E-state index contributed by atoms with van der Waals surface area (Å²) in [6, 6.07) is 125. The molecule has 0 heterocycles. The van der Waals surface area contributed by atoms with Crippen molar-refractivity contribution in [3.05, 3.63) is 362 Å². The van der Waals surface area contributed by atoms with Gasteiger partial charge in [-0.25, -0.2) is 0 Å². The largest absolute Gasteiger partial charge is 0.310 e. The second-order valence-electron chi connectivity index (χ2n) is 22.0. The van der Waals surface area contributed by atoms with E-state index in [0.29, 0.717) is 0 Å². The van der Waals surface area contributed by atoms with Crippen molar-refractivity contribution < 1.29 is 0 Å². The minimum atomic E-state index is 0.787. The van der Waals surface area contributed by atoms with Gasteiger partial charge in [-0.15, -0.1) is 0 Å². The normalized spacial score (nSPS) is 11.1. The molecule has 0 aliphatic heterocycles. The van der Waals surface area contributed by atoms with Gasteiger partial charge in [-0.1, -0.05) is 200 Å². The van der Waals surface area contributed by atoms with Crippen molar-refractivity contribution in [1.29, 1.82) is 0 Å². The summed E-state index contributed by atoms with van der Waals surface area (Å²) in [4.78, 5) is 9.36. The van der Waals surface area contributed by atoms with E-state index >= 15 is 0 Å². The number of rotatable bonds is 16. The Morgan fingerprint density at radius 1 is 0.186 bits per heavy atom. The third-order valence-electron chi connectivity index (χ3n) is 16.2. The molecule has 0 bridgehead atoms. The van der Waals surface area contributed by atoms with Gasteiger partial charge in [0.1, 0.15) is 0 Å². The van der Waals surface area contributed by atoms with Crippen LogP contribution in [-0.4, -0.2) is 0 Å². The molecule has 0 aliphatic carbocycles. The summed E-state index contributed by atoms with van der Waals surface area (Å²) in [5, 5.41) is 4.85. The van der Waals surface area contributed by atoms with Crippen molar-refractivity contribution in [3.63, 3.8) is 0 Å². The Morgan fingerprint density at radius 3 is 0.895 bits per heavy atom. The van der Waals surface area contributed by atoms with Gasteiger partial charge >= 0.3 is 0 Å². The van der Waals surface area contributed by atoms with Gasteiger partial charge in [0.15, 0.2) is 0 Å². The van der Waals surface area contributed by atoms with Gasteiger partial charge in [0, 0.05) is 68.2 Å². The molecule has 4 nitrogen and oxygen atoms in total. The van der Waals surface area contributed by atoms with E-state index in [4.69, 9.17) is 0 Å². The minimum Gasteiger partial charge on any atom is -0.310 e. The van der Waals surface area contributed by atoms with Gasteiger partial charge in [0.25, 0.3) is 0 Å². The molecule has 0 saturated carbocycles. The highest BCUT2D eigenvalue weighted by Gasteiger charge is 2.19. The molecular weight excluding hydrogens is 1040 g/mol. The van der Waals surface area contributed by atoms with Gasteiger partial charge in [0.05, 0.1) is 0 Å². The highest BCUT2D eigenvalue weighted by molar-refractivity contribution is 5.92. The number of fused-ring (bicyclic) bond motifs is 2. The van der Waals surface area contributed by atoms with Crippen molar-refractivity contribution in [2.45, 2.75) is 13.3 Å². The Balaban J connectivity index is 0.713. The zero-order valence-corrected chi connectivity index (χ0v) is 47.9. The predicted molar refractivity (Wildman–Crippen MR) is 365 cm³/mol. The van der Waals surface area contributed by atoms with Crippen molar-refractivity contribution >= 4 is 89.8 Å². The van der Waals surface area contributed by atoms with E-state index in [1.807, 2.05) is 0 Å². The first kappa shape index (κ1) is 52.8. The molecule has 4 heteroatoms. The first-order valence-electron chi connectivity index (χ1n) is 29.5. The number of nitrogens with zero attached hydrogens (tertiary/aromatic N) is 4. The Labute approximate surface area is 504 Å². The molecule has 14 aromatic carbocycles. The molecule has 86 heavy (non-hydrogen) atoms. The van der Waals surface area contributed by atoms with Crippen LogP contribution in [0.15, 0.2) is 346 Å². The van der Waals surface area contributed by atoms with Crippen LogP contribution in [0.3, 0.4) is 0 Å². The summed E-state index contributed by atoms with van der Waals surface area (Å²) in [5.41, 5.74) is 21.7. The maximum absolute atomic E-state index is 2.36. The summed E-state index contributed by atoms with van der Waals surface area (Å²) in [5.74, 6) is 0. The lowest BCUT2D eigenvalue weighted by atomic mass is 9.99. The fourth-order valence-electron chi connectivity index (χ4n) is 12.0. The van der Waals surface area contributed by atoms with E-state index in [0.717, 1.165) is 91.4 Å². The summed E-state index contributed by atoms with van der Waals surface area (Å²) >= 11 is 0.